The molecule has 0 aliphatic carbocycles. The SMILES string of the molecule is CC(=O)Nc1ccc(-c2cccc3ccccc23)cc1. The molecule has 0 bridgehead atoms. The summed E-state index contributed by atoms with van der Waals surface area (Å²) in [5.41, 5.74) is 3.18. The summed E-state index contributed by atoms with van der Waals surface area (Å²) < 4.78 is 0. The van der Waals surface area contributed by atoms with Crippen molar-refractivity contribution in [2.45, 2.75) is 6.92 Å². The van der Waals surface area contributed by atoms with Gasteiger partial charge >= 0.3 is 0 Å². The molecule has 0 unspecified atom stereocenters. The van der Waals surface area contributed by atoms with Crippen LogP contribution in [-0.4, -0.2) is 5.91 Å². The summed E-state index contributed by atoms with van der Waals surface area (Å²) in [6.45, 7) is 1.51. The first-order valence-corrected chi connectivity index (χ1v) is 6.60. The first-order valence-electron chi connectivity index (χ1n) is 6.60. The quantitative estimate of drug-likeness (QED) is 0.724. The van der Waals surface area contributed by atoms with Crippen molar-refractivity contribution in [3.05, 3.63) is 66.7 Å². The smallest absolute Gasteiger partial charge is 0.221 e. The van der Waals surface area contributed by atoms with Crippen molar-refractivity contribution in [1.29, 1.82) is 0 Å². The fourth-order valence-electron chi connectivity index (χ4n) is 2.41. The standard InChI is InChI=1S/C18H15NO/c1-13(20)19-16-11-9-15(10-12-16)18-8-4-6-14-5-2-3-7-17(14)18/h2-12H,1H3,(H,19,20). The summed E-state index contributed by atoms with van der Waals surface area (Å²) in [7, 11) is 0. The van der Waals surface area contributed by atoms with E-state index in [9.17, 15) is 4.79 Å². The van der Waals surface area contributed by atoms with Crippen LogP contribution in [0.5, 0.6) is 0 Å². The van der Waals surface area contributed by atoms with Crippen LogP contribution < -0.4 is 5.32 Å². The van der Waals surface area contributed by atoms with Crippen molar-refractivity contribution in [2.24, 2.45) is 0 Å². The van der Waals surface area contributed by atoms with E-state index in [1.807, 2.05) is 30.3 Å². The molecule has 0 fully saturated rings. The molecular weight excluding hydrogens is 246 g/mol. The van der Waals surface area contributed by atoms with Gasteiger partial charge in [-0.2, -0.15) is 0 Å². The molecule has 0 saturated carbocycles. The molecule has 0 aromatic heterocycles. The molecule has 0 aliphatic heterocycles. The average Bonchev–Trinajstić information content (AvgIpc) is 2.47. The fourth-order valence-corrected chi connectivity index (χ4v) is 2.41. The molecule has 98 valence electrons. The molecular formula is C18H15NO. The number of anilines is 1. The molecule has 1 N–H and O–H groups in total. The summed E-state index contributed by atoms with van der Waals surface area (Å²) in [5, 5.41) is 5.25. The first-order chi connectivity index (χ1) is 9.74. The van der Waals surface area contributed by atoms with Gasteiger partial charge in [0.05, 0.1) is 0 Å². The Labute approximate surface area is 118 Å². The molecule has 3 rings (SSSR count). The Kier molecular flexibility index (Phi) is 3.21. The van der Waals surface area contributed by atoms with Crippen LogP contribution in [0.3, 0.4) is 0 Å². The Balaban J connectivity index is 2.05. The number of carbonyl (C=O) groups is 1. The maximum Gasteiger partial charge on any atom is 0.221 e. The van der Waals surface area contributed by atoms with Crippen LogP contribution >= 0.6 is 0 Å². The van der Waals surface area contributed by atoms with Crippen LogP contribution in [-0.2, 0) is 4.79 Å². The van der Waals surface area contributed by atoms with E-state index in [-0.39, 0.29) is 5.91 Å². The highest BCUT2D eigenvalue weighted by Crippen LogP contribution is 2.29. The van der Waals surface area contributed by atoms with E-state index in [2.05, 4.69) is 41.7 Å². The van der Waals surface area contributed by atoms with Gasteiger partial charge in [-0.15, -0.1) is 0 Å². The van der Waals surface area contributed by atoms with E-state index in [0.29, 0.717) is 0 Å². The molecule has 0 aliphatic rings. The van der Waals surface area contributed by atoms with Gasteiger partial charge in [-0.05, 0) is 34.0 Å². The summed E-state index contributed by atoms with van der Waals surface area (Å²) in [6.07, 6.45) is 0. The fraction of sp³-hybridized carbons (Fsp3) is 0.0556. The molecule has 0 spiro atoms. The number of nitrogens with one attached hydrogen (secondary N) is 1. The third-order valence-electron chi connectivity index (χ3n) is 3.31. The Morgan fingerprint density at radius 1 is 0.850 bits per heavy atom. The maximum absolute atomic E-state index is 11.0. The van der Waals surface area contributed by atoms with Crippen LogP contribution in [0.15, 0.2) is 66.7 Å². The Hall–Kier alpha value is -2.61. The predicted molar refractivity (Wildman–Crippen MR) is 83.7 cm³/mol. The van der Waals surface area contributed by atoms with Gasteiger partial charge in [0.15, 0.2) is 0 Å². The number of rotatable bonds is 2. The Morgan fingerprint density at radius 3 is 2.30 bits per heavy atom. The van der Waals surface area contributed by atoms with E-state index in [1.165, 1.54) is 23.3 Å². The first kappa shape index (κ1) is 12.4. The lowest BCUT2D eigenvalue weighted by molar-refractivity contribution is -0.114. The number of amides is 1. The van der Waals surface area contributed by atoms with E-state index in [4.69, 9.17) is 0 Å². The molecule has 0 heterocycles. The molecule has 2 nitrogen and oxygen atoms in total. The normalized spacial score (nSPS) is 10.4. The van der Waals surface area contributed by atoms with Crippen molar-refractivity contribution < 1.29 is 4.79 Å². The van der Waals surface area contributed by atoms with Gasteiger partial charge in [0.25, 0.3) is 0 Å². The van der Waals surface area contributed by atoms with Crippen LogP contribution in [0.2, 0.25) is 0 Å². The number of benzene rings is 3. The van der Waals surface area contributed by atoms with E-state index >= 15 is 0 Å². The summed E-state index contributed by atoms with van der Waals surface area (Å²) in [5.74, 6) is -0.0529. The van der Waals surface area contributed by atoms with Gasteiger partial charge in [0.1, 0.15) is 0 Å². The highest BCUT2D eigenvalue weighted by atomic mass is 16.1. The summed E-state index contributed by atoms with van der Waals surface area (Å²) in [4.78, 5) is 11.0. The summed E-state index contributed by atoms with van der Waals surface area (Å²) in [6, 6.07) is 22.6. The second-order valence-electron chi connectivity index (χ2n) is 4.79. The predicted octanol–water partition coefficient (Wildman–Crippen LogP) is 4.47. The minimum atomic E-state index is -0.0529. The minimum Gasteiger partial charge on any atom is -0.326 e. The average molecular weight is 261 g/mol. The van der Waals surface area contributed by atoms with Crippen LogP contribution in [0, 0.1) is 0 Å². The molecule has 1 amide bonds. The van der Waals surface area contributed by atoms with Crippen LogP contribution in [0.4, 0.5) is 5.69 Å². The Bertz CT molecular complexity index is 754. The monoisotopic (exact) mass is 261 g/mol. The molecule has 0 radical (unpaired) electrons. The molecule has 20 heavy (non-hydrogen) atoms. The third kappa shape index (κ3) is 2.41. The summed E-state index contributed by atoms with van der Waals surface area (Å²) >= 11 is 0. The molecule has 0 saturated heterocycles. The number of hydrogen-bond donors (Lipinski definition) is 1. The van der Waals surface area contributed by atoms with Gasteiger partial charge in [-0.25, -0.2) is 0 Å². The van der Waals surface area contributed by atoms with Crippen molar-refractivity contribution in [3.8, 4) is 11.1 Å². The van der Waals surface area contributed by atoms with Gasteiger partial charge in [-0.3, -0.25) is 4.79 Å². The van der Waals surface area contributed by atoms with Gasteiger partial charge in [-0.1, -0.05) is 54.6 Å². The lowest BCUT2D eigenvalue weighted by Crippen LogP contribution is -2.05. The lowest BCUT2D eigenvalue weighted by Gasteiger charge is -2.08. The zero-order valence-corrected chi connectivity index (χ0v) is 11.3. The van der Waals surface area contributed by atoms with Crippen molar-refractivity contribution in [1.82, 2.24) is 0 Å². The lowest BCUT2D eigenvalue weighted by atomic mass is 9.98. The molecule has 3 aromatic rings. The van der Waals surface area contributed by atoms with Gasteiger partial charge in [0.2, 0.25) is 5.91 Å². The Morgan fingerprint density at radius 2 is 1.55 bits per heavy atom. The highest BCUT2D eigenvalue weighted by Gasteiger charge is 2.03. The zero-order valence-electron chi connectivity index (χ0n) is 11.3. The number of hydrogen-bond acceptors (Lipinski definition) is 1. The number of carbonyl (C=O) groups excluding carboxylic acids is 1. The van der Waals surface area contributed by atoms with Crippen molar-refractivity contribution in [2.75, 3.05) is 5.32 Å². The van der Waals surface area contributed by atoms with Crippen LogP contribution in [0.1, 0.15) is 6.92 Å². The molecule has 0 atom stereocenters. The third-order valence-corrected chi connectivity index (χ3v) is 3.31. The second-order valence-corrected chi connectivity index (χ2v) is 4.79. The van der Waals surface area contributed by atoms with Crippen LogP contribution in [0.25, 0.3) is 21.9 Å². The molecule has 3 aromatic carbocycles. The van der Waals surface area contributed by atoms with Gasteiger partial charge < -0.3 is 5.32 Å². The minimum absolute atomic E-state index is 0.0529. The zero-order chi connectivity index (χ0) is 13.9. The largest absolute Gasteiger partial charge is 0.326 e. The number of fused-ring (bicyclic) bond motifs is 1. The highest BCUT2D eigenvalue weighted by molar-refractivity contribution is 5.97. The van der Waals surface area contributed by atoms with Gasteiger partial charge in [0, 0.05) is 12.6 Å². The second kappa shape index (κ2) is 5.17. The van der Waals surface area contributed by atoms with E-state index in [0.717, 1.165) is 11.3 Å². The van der Waals surface area contributed by atoms with E-state index in [1.54, 1.807) is 0 Å². The van der Waals surface area contributed by atoms with E-state index < -0.39 is 0 Å². The topological polar surface area (TPSA) is 29.1 Å². The van der Waals surface area contributed by atoms with Crippen molar-refractivity contribution in [3.63, 3.8) is 0 Å². The maximum atomic E-state index is 11.0. The van der Waals surface area contributed by atoms with Crippen molar-refractivity contribution >= 4 is 22.4 Å². The molecule has 2 heteroatoms.